The van der Waals surface area contributed by atoms with Crippen molar-refractivity contribution in [1.82, 2.24) is 15.5 Å². The van der Waals surface area contributed by atoms with Gasteiger partial charge in [0.05, 0.1) is 6.54 Å². The summed E-state index contributed by atoms with van der Waals surface area (Å²) in [5.74, 6) is 1.21. The molecule has 0 aliphatic carbocycles. The molecule has 2 rings (SSSR count). The third kappa shape index (κ3) is 10.2. The molecule has 1 fully saturated rings. The van der Waals surface area contributed by atoms with Crippen molar-refractivity contribution in [2.45, 2.75) is 31.9 Å². The van der Waals surface area contributed by atoms with Gasteiger partial charge in [0, 0.05) is 25.2 Å². The maximum absolute atomic E-state index is 12.4. The van der Waals surface area contributed by atoms with Crippen LogP contribution in [0.4, 0.5) is 13.2 Å². The zero-order valence-corrected chi connectivity index (χ0v) is 19.2. The van der Waals surface area contributed by atoms with Crippen LogP contribution in [-0.4, -0.2) is 56.8 Å². The van der Waals surface area contributed by atoms with Crippen LogP contribution in [0, 0.1) is 5.92 Å². The van der Waals surface area contributed by atoms with Crippen molar-refractivity contribution < 1.29 is 13.2 Å². The first-order valence-electron chi connectivity index (χ1n) is 9.34. The molecular weight excluding hydrogens is 504 g/mol. The minimum absolute atomic E-state index is 0. The molecule has 2 N–H and O–H groups in total. The Morgan fingerprint density at radius 2 is 1.89 bits per heavy atom. The number of nitrogens with one attached hydrogen (secondary N) is 2. The largest absolute Gasteiger partial charge is 0.401 e. The summed E-state index contributed by atoms with van der Waals surface area (Å²) in [6, 6.07) is 7.77. The van der Waals surface area contributed by atoms with Gasteiger partial charge in [-0.2, -0.15) is 13.2 Å². The number of nitrogens with zero attached hydrogens (tertiary/aromatic N) is 2. The predicted octanol–water partition coefficient (Wildman–Crippen LogP) is 4.33. The summed E-state index contributed by atoms with van der Waals surface area (Å²) in [6.07, 6.45) is -0.678. The maximum atomic E-state index is 12.4. The van der Waals surface area contributed by atoms with Crippen molar-refractivity contribution in [3.8, 4) is 0 Å². The molecule has 0 aromatic heterocycles. The molecule has 1 aliphatic heterocycles. The fraction of sp³-hybridized carbons (Fsp3) is 0.632. The van der Waals surface area contributed by atoms with Crippen LogP contribution in [-0.2, 0) is 6.42 Å². The molecule has 28 heavy (non-hydrogen) atoms. The molecule has 9 heteroatoms. The Bertz CT molecular complexity index is 605. The number of alkyl halides is 3. The van der Waals surface area contributed by atoms with Gasteiger partial charge in [-0.3, -0.25) is 9.89 Å². The van der Waals surface area contributed by atoms with Crippen LogP contribution in [0.15, 0.2) is 29.3 Å². The highest BCUT2D eigenvalue weighted by molar-refractivity contribution is 14.0. The van der Waals surface area contributed by atoms with Crippen LogP contribution >= 0.6 is 35.6 Å². The van der Waals surface area contributed by atoms with E-state index < -0.39 is 12.7 Å². The molecular formula is C19H29ClF3IN4. The monoisotopic (exact) mass is 532 g/mol. The highest BCUT2D eigenvalue weighted by Crippen LogP contribution is 2.23. The Morgan fingerprint density at radius 1 is 1.21 bits per heavy atom. The number of hydrogen-bond acceptors (Lipinski definition) is 2. The van der Waals surface area contributed by atoms with Crippen LogP contribution in [0.2, 0.25) is 5.02 Å². The van der Waals surface area contributed by atoms with Gasteiger partial charge >= 0.3 is 6.18 Å². The molecule has 160 valence electrons. The second kappa shape index (κ2) is 12.7. The molecule has 1 aliphatic rings. The molecule has 1 heterocycles. The van der Waals surface area contributed by atoms with Crippen LogP contribution in [0.5, 0.6) is 0 Å². The highest BCUT2D eigenvalue weighted by Gasteiger charge is 2.32. The summed E-state index contributed by atoms with van der Waals surface area (Å²) in [5.41, 5.74) is 1.16. The molecule has 1 aromatic carbocycles. The smallest absolute Gasteiger partial charge is 0.356 e. The van der Waals surface area contributed by atoms with Gasteiger partial charge in [-0.1, -0.05) is 23.7 Å². The number of hydrogen-bond donors (Lipinski definition) is 2. The van der Waals surface area contributed by atoms with Gasteiger partial charge in [-0.25, -0.2) is 0 Å². The molecule has 0 bridgehead atoms. The van der Waals surface area contributed by atoms with E-state index in [2.05, 4.69) is 15.6 Å². The van der Waals surface area contributed by atoms with Gasteiger partial charge in [0.25, 0.3) is 0 Å². The number of likely N-dealkylation sites (tertiary alicyclic amines) is 1. The normalized spacial score (nSPS) is 16.5. The van der Waals surface area contributed by atoms with E-state index in [-0.39, 0.29) is 24.0 Å². The number of guanidine groups is 1. The minimum atomic E-state index is -4.10. The van der Waals surface area contributed by atoms with E-state index in [1.807, 2.05) is 24.3 Å². The number of halogens is 5. The molecule has 0 atom stereocenters. The van der Waals surface area contributed by atoms with Gasteiger partial charge in [-0.05, 0) is 62.4 Å². The molecule has 0 amide bonds. The molecule has 0 radical (unpaired) electrons. The number of piperidine rings is 1. The Balaban J connectivity index is 0.00000392. The first kappa shape index (κ1) is 25.3. The number of aliphatic imine (C=N–C) groups is 1. The van der Waals surface area contributed by atoms with Crippen molar-refractivity contribution in [1.29, 1.82) is 0 Å². The van der Waals surface area contributed by atoms with Crippen molar-refractivity contribution >= 4 is 41.5 Å². The Labute approximate surface area is 187 Å². The van der Waals surface area contributed by atoms with Crippen molar-refractivity contribution in [2.75, 3.05) is 39.8 Å². The van der Waals surface area contributed by atoms with E-state index >= 15 is 0 Å². The first-order chi connectivity index (χ1) is 12.9. The average Bonchev–Trinajstić information content (AvgIpc) is 2.60. The molecule has 4 nitrogen and oxygen atoms in total. The fourth-order valence-electron chi connectivity index (χ4n) is 3.32. The number of rotatable bonds is 7. The summed E-state index contributed by atoms with van der Waals surface area (Å²) < 4.78 is 37.3. The molecule has 0 spiro atoms. The van der Waals surface area contributed by atoms with Gasteiger partial charge in [-0.15, -0.1) is 24.0 Å². The van der Waals surface area contributed by atoms with Gasteiger partial charge in [0.1, 0.15) is 0 Å². The predicted molar refractivity (Wildman–Crippen MR) is 120 cm³/mol. The van der Waals surface area contributed by atoms with E-state index in [0.29, 0.717) is 19.0 Å². The molecule has 0 saturated carbocycles. The summed E-state index contributed by atoms with van der Waals surface area (Å²) in [5, 5.41) is 7.29. The molecule has 1 aromatic rings. The number of benzene rings is 1. The van der Waals surface area contributed by atoms with Crippen LogP contribution in [0.25, 0.3) is 0 Å². The lowest BCUT2D eigenvalue weighted by atomic mass is 9.93. The standard InChI is InChI=1S/C19H28ClF3N4.HI/c1-24-18(26-10-6-16-3-2-4-17(20)13-16)25-9-5-15-7-11-27(12-8-15)14-19(21,22)23;/h2-4,13,15H,5-12,14H2,1H3,(H2,24,25,26);1H. The third-order valence-corrected chi connectivity index (χ3v) is 5.01. The quantitative estimate of drug-likeness (QED) is 0.312. The highest BCUT2D eigenvalue weighted by atomic mass is 127. The lowest BCUT2D eigenvalue weighted by Gasteiger charge is -2.32. The van der Waals surface area contributed by atoms with Gasteiger partial charge < -0.3 is 10.6 Å². The molecule has 0 unspecified atom stereocenters. The Kier molecular flexibility index (Phi) is 11.5. The average molecular weight is 533 g/mol. The second-order valence-corrected chi connectivity index (χ2v) is 7.37. The van der Waals surface area contributed by atoms with E-state index in [0.717, 1.165) is 55.3 Å². The van der Waals surface area contributed by atoms with Crippen LogP contribution in [0.1, 0.15) is 24.8 Å². The summed E-state index contributed by atoms with van der Waals surface area (Å²) in [6.45, 7) is 1.77. The third-order valence-electron chi connectivity index (χ3n) is 4.77. The zero-order valence-electron chi connectivity index (χ0n) is 16.1. The zero-order chi connectivity index (χ0) is 19.7. The summed E-state index contributed by atoms with van der Waals surface area (Å²) >= 11 is 5.98. The summed E-state index contributed by atoms with van der Waals surface area (Å²) in [4.78, 5) is 5.71. The Hall–Kier alpha value is -0.740. The van der Waals surface area contributed by atoms with Crippen molar-refractivity contribution in [2.24, 2.45) is 10.9 Å². The fourth-order valence-corrected chi connectivity index (χ4v) is 3.53. The Morgan fingerprint density at radius 3 is 2.50 bits per heavy atom. The van der Waals surface area contributed by atoms with Crippen molar-refractivity contribution in [3.05, 3.63) is 34.9 Å². The van der Waals surface area contributed by atoms with E-state index in [1.165, 1.54) is 4.90 Å². The minimum Gasteiger partial charge on any atom is -0.356 e. The molecule has 1 saturated heterocycles. The van der Waals surface area contributed by atoms with Gasteiger partial charge in [0.2, 0.25) is 0 Å². The van der Waals surface area contributed by atoms with Crippen molar-refractivity contribution in [3.63, 3.8) is 0 Å². The lowest BCUT2D eigenvalue weighted by molar-refractivity contribution is -0.148. The van der Waals surface area contributed by atoms with E-state index in [1.54, 1.807) is 7.05 Å². The maximum Gasteiger partial charge on any atom is 0.401 e. The van der Waals surface area contributed by atoms with E-state index in [4.69, 9.17) is 11.6 Å². The lowest BCUT2D eigenvalue weighted by Crippen LogP contribution is -2.42. The summed E-state index contributed by atoms with van der Waals surface area (Å²) in [7, 11) is 1.73. The topological polar surface area (TPSA) is 39.7 Å². The van der Waals surface area contributed by atoms with E-state index in [9.17, 15) is 13.2 Å². The van der Waals surface area contributed by atoms with Crippen LogP contribution < -0.4 is 10.6 Å². The van der Waals surface area contributed by atoms with Gasteiger partial charge in [0.15, 0.2) is 5.96 Å². The van der Waals surface area contributed by atoms with Crippen LogP contribution in [0.3, 0.4) is 0 Å². The second-order valence-electron chi connectivity index (χ2n) is 6.93. The first-order valence-corrected chi connectivity index (χ1v) is 9.71. The SMILES string of the molecule is CN=C(NCCc1cccc(Cl)c1)NCCC1CCN(CC(F)(F)F)CC1.I.